The Labute approximate surface area is 137 Å². The molecular formula is C13H26ClN5O3. The Morgan fingerprint density at radius 1 is 1.36 bits per heavy atom. The summed E-state index contributed by atoms with van der Waals surface area (Å²) in [6.45, 7) is 3.96. The maximum atomic E-state index is 12.1. The first-order chi connectivity index (χ1) is 9.92. The zero-order valence-corrected chi connectivity index (χ0v) is 14.0. The van der Waals surface area contributed by atoms with Gasteiger partial charge in [0.05, 0.1) is 6.61 Å². The lowest BCUT2D eigenvalue weighted by Crippen LogP contribution is -2.62. The van der Waals surface area contributed by atoms with Crippen molar-refractivity contribution >= 4 is 30.0 Å². The average molecular weight is 336 g/mol. The molecular weight excluding hydrogens is 310 g/mol. The van der Waals surface area contributed by atoms with Gasteiger partial charge in [0.25, 0.3) is 0 Å². The first-order valence-corrected chi connectivity index (χ1v) is 7.37. The maximum Gasteiger partial charge on any atom is 0.338 e. The average Bonchev–Trinajstić information content (AvgIpc) is 2.42. The summed E-state index contributed by atoms with van der Waals surface area (Å²) in [5.41, 5.74) is 5.75. The largest absolute Gasteiger partial charge is 0.604 e. The smallest absolute Gasteiger partial charge is 0.338 e. The molecule has 1 heterocycles. The van der Waals surface area contributed by atoms with Gasteiger partial charge in [0.15, 0.2) is 0 Å². The second-order valence-corrected chi connectivity index (χ2v) is 5.16. The fraction of sp³-hybridized carbons (Fsp3) is 0.769. The van der Waals surface area contributed by atoms with Crippen molar-refractivity contribution in [2.24, 2.45) is 27.7 Å². The number of guanidine groups is 1. The van der Waals surface area contributed by atoms with Gasteiger partial charge in [-0.3, -0.25) is 4.79 Å². The van der Waals surface area contributed by atoms with Gasteiger partial charge in [0.1, 0.15) is 18.2 Å². The summed E-state index contributed by atoms with van der Waals surface area (Å²) in [7, 11) is 0. The number of rotatable bonds is 8. The number of nitrogens with zero attached hydrogens (tertiary/aromatic N) is 3. The van der Waals surface area contributed by atoms with Crippen LogP contribution >= 0.6 is 12.4 Å². The molecule has 1 aliphatic heterocycles. The molecule has 0 amide bonds. The molecule has 0 fully saturated rings. The number of unbranched alkanes of at least 4 members (excludes halogenated alkanes) is 3. The number of esters is 1. The molecule has 4 N–H and O–H groups in total. The van der Waals surface area contributed by atoms with E-state index in [1.807, 2.05) is 0 Å². The van der Waals surface area contributed by atoms with Crippen LogP contribution in [0.15, 0.2) is 10.2 Å². The van der Waals surface area contributed by atoms with Gasteiger partial charge < -0.3 is 15.7 Å². The fourth-order valence-electron chi connectivity index (χ4n) is 2.16. The van der Waals surface area contributed by atoms with Crippen LogP contribution in [0.2, 0.25) is 0 Å². The number of halogens is 1. The van der Waals surface area contributed by atoms with E-state index in [0.717, 1.165) is 25.7 Å². The van der Waals surface area contributed by atoms with E-state index < -0.39 is 10.7 Å². The van der Waals surface area contributed by atoms with Crippen molar-refractivity contribution in [2.75, 3.05) is 13.2 Å². The summed E-state index contributed by atoms with van der Waals surface area (Å²) in [6.07, 6.45) is 4.66. The molecule has 0 aromatic heterocycles. The Kier molecular flexibility index (Phi) is 9.19. The van der Waals surface area contributed by atoms with Crippen molar-refractivity contribution < 1.29 is 14.3 Å². The minimum Gasteiger partial charge on any atom is -0.604 e. The molecule has 2 unspecified atom stereocenters. The van der Waals surface area contributed by atoms with Crippen molar-refractivity contribution in [3.05, 3.63) is 5.21 Å². The number of hydrogen-bond acceptors (Lipinski definition) is 7. The number of nitrogens with two attached hydrogens (primary N) is 2. The van der Waals surface area contributed by atoms with E-state index in [1.54, 1.807) is 6.92 Å². The zero-order chi connectivity index (χ0) is 15.9. The standard InChI is InChI=1S/C13H25N5O3.ClH/c1-3-5-6-7-8-10(12(19)21-4-2)11-9-18(15,20)13(14)17-16-11;/h10H,3-9,15H2,1-2H3,(H2,14,17);1H. The zero-order valence-electron chi connectivity index (χ0n) is 13.2. The predicted octanol–water partition coefficient (Wildman–Crippen LogP) is 1.43. The van der Waals surface area contributed by atoms with Crippen molar-refractivity contribution in [3.63, 3.8) is 0 Å². The number of hydrogen-bond donors (Lipinski definition) is 2. The molecule has 9 heteroatoms. The molecule has 0 radical (unpaired) electrons. The van der Waals surface area contributed by atoms with E-state index in [9.17, 15) is 10.0 Å². The molecule has 1 rings (SSSR count). The Morgan fingerprint density at radius 2 is 2.05 bits per heavy atom. The van der Waals surface area contributed by atoms with Gasteiger partial charge in [0.2, 0.25) is 0 Å². The highest BCUT2D eigenvalue weighted by atomic mass is 35.5. The first-order valence-electron chi connectivity index (χ1n) is 7.37. The van der Waals surface area contributed by atoms with E-state index >= 15 is 0 Å². The highest BCUT2D eigenvalue weighted by molar-refractivity contribution is 6.04. The third-order valence-electron chi connectivity index (χ3n) is 3.39. The van der Waals surface area contributed by atoms with Crippen LogP contribution in [0.1, 0.15) is 46.0 Å². The van der Waals surface area contributed by atoms with Gasteiger partial charge in [-0.15, -0.1) is 17.5 Å². The molecule has 2 atom stereocenters. The second-order valence-electron chi connectivity index (χ2n) is 5.16. The van der Waals surface area contributed by atoms with Crippen LogP contribution < -0.4 is 11.6 Å². The lowest BCUT2D eigenvalue weighted by atomic mass is 9.95. The third kappa shape index (κ3) is 5.88. The van der Waals surface area contributed by atoms with Crippen LogP contribution in [0.25, 0.3) is 0 Å². The van der Waals surface area contributed by atoms with Gasteiger partial charge in [-0.05, 0) is 13.3 Å². The lowest BCUT2D eigenvalue weighted by molar-refractivity contribution is -0.794. The molecule has 0 aromatic carbocycles. The number of ether oxygens (including phenoxy) is 1. The topological polar surface area (TPSA) is 126 Å². The Hall–Kier alpha value is -1.22. The molecule has 0 aromatic rings. The number of carbonyl (C=O) groups is 1. The minimum absolute atomic E-state index is 0. The molecule has 8 nitrogen and oxygen atoms in total. The van der Waals surface area contributed by atoms with Crippen LogP contribution in [0.5, 0.6) is 0 Å². The predicted molar refractivity (Wildman–Crippen MR) is 87.9 cm³/mol. The van der Waals surface area contributed by atoms with Crippen molar-refractivity contribution in [2.45, 2.75) is 46.0 Å². The molecule has 0 saturated carbocycles. The Morgan fingerprint density at radius 3 is 2.59 bits per heavy atom. The first kappa shape index (κ1) is 20.8. The van der Waals surface area contributed by atoms with Crippen LogP contribution in [-0.4, -0.2) is 35.5 Å². The van der Waals surface area contributed by atoms with Crippen LogP contribution in [-0.2, 0) is 9.53 Å². The minimum atomic E-state index is -1.32. The van der Waals surface area contributed by atoms with E-state index in [-0.39, 0.29) is 37.5 Å². The summed E-state index contributed by atoms with van der Waals surface area (Å²) in [4.78, 5) is 12.1. The summed E-state index contributed by atoms with van der Waals surface area (Å²) in [6, 6.07) is 0. The summed E-state index contributed by atoms with van der Waals surface area (Å²) in [5.74, 6) is 4.22. The van der Waals surface area contributed by atoms with E-state index in [0.29, 0.717) is 12.1 Å². The summed E-state index contributed by atoms with van der Waals surface area (Å²) in [5, 5.41) is 19.4. The van der Waals surface area contributed by atoms with E-state index in [2.05, 4.69) is 17.1 Å². The lowest BCUT2D eigenvalue weighted by Gasteiger charge is -2.36. The summed E-state index contributed by atoms with van der Waals surface area (Å²) >= 11 is 0. The fourth-order valence-corrected chi connectivity index (χ4v) is 2.16. The van der Waals surface area contributed by atoms with Gasteiger partial charge in [-0.25, -0.2) is 4.76 Å². The van der Waals surface area contributed by atoms with Crippen molar-refractivity contribution in [3.8, 4) is 0 Å². The second kappa shape index (κ2) is 9.73. The SMILES string of the molecule is CCCCCCC(C(=O)OCC)C1=NN=C(N)[N+](N)([O-])C1.Cl. The Balaban J connectivity index is 0.00000441. The monoisotopic (exact) mass is 335 g/mol. The number of hydroxylamine groups is 2. The van der Waals surface area contributed by atoms with Gasteiger partial charge in [-0.2, -0.15) is 5.84 Å². The van der Waals surface area contributed by atoms with Crippen LogP contribution in [0.3, 0.4) is 0 Å². The van der Waals surface area contributed by atoms with Crippen LogP contribution in [0.4, 0.5) is 0 Å². The molecule has 22 heavy (non-hydrogen) atoms. The molecule has 128 valence electrons. The molecule has 0 bridgehead atoms. The van der Waals surface area contributed by atoms with Gasteiger partial charge in [0, 0.05) is 0 Å². The number of quaternary nitrogens is 1. The molecule has 0 saturated heterocycles. The normalized spacial score (nSPS) is 22.2. The molecule has 1 aliphatic rings. The van der Waals surface area contributed by atoms with Crippen molar-refractivity contribution in [1.82, 2.24) is 0 Å². The van der Waals surface area contributed by atoms with Crippen molar-refractivity contribution in [1.29, 1.82) is 0 Å². The number of carbonyl (C=O) groups excluding carboxylic acids is 1. The van der Waals surface area contributed by atoms with E-state index in [1.165, 1.54) is 0 Å². The van der Waals surface area contributed by atoms with Gasteiger partial charge in [-0.1, -0.05) is 37.7 Å². The highest BCUT2D eigenvalue weighted by Crippen LogP contribution is 2.18. The van der Waals surface area contributed by atoms with E-state index in [4.69, 9.17) is 16.3 Å². The quantitative estimate of drug-likeness (QED) is 0.228. The maximum absolute atomic E-state index is 12.1. The third-order valence-corrected chi connectivity index (χ3v) is 3.39. The molecule has 0 spiro atoms. The highest BCUT2D eigenvalue weighted by Gasteiger charge is 2.34. The Bertz CT molecular complexity index is 426. The summed E-state index contributed by atoms with van der Waals surface area (Å²) < 4.78 is 3.74. The van der Waals surface area contributed by atoms with Gasteiger partial charge >= 0.3 is 11.9 Å². The van der Waals surface area contributed by atoms with Crippen LogP contribution in [0, 0.1) is 11.1 Å². The molecule has 0 aliphatic carbocycles.